The second-order valence-electron chi connectivity index (χ2n) is 17.2. The molecule has 3 atom stereocenters. The predicted molar refractivity (Wildman–Crippen MR) is 282 cm³/mol. The molecule has 11 rings (SSSR count). The summed E-state index contributed by atoms with van der Waals surface area (Å²) in [4.78, 5) is 3.72. The van der Waals surface area contributed by atoms with Gasteiger partial charge in [0.1, 0.15) is 0 Å². The third-order valence-electron chi connectivity index (χ3n) is 13.7. The van der Waals surface area contributed by atoms with E-state index in [1.807, 2.05) is 25.6 Å². The quantitative estimate of drug-likeness (QED) is 0.126. The van der Waals surface area contributed by atoms with Crippen LogP contribution in [0, 0.1) is 0 Å². The Morgan fingerprint density at radius 2 is 1.20 bits per heavy atom. The summed E-state index contributed by atoms with van der Waals surface area (Å²) < 4.78 is 0. The van der Waals surface area contributed by atoms with E-state index in [0.717, 1.165) is 23.5 Å². The average molecular weight is 870 g/mol. The number of benzene rings is 7. The summed E-state index contributed by atoms with van der Waals surface area (Å²) in [5, 5.41) is 0.303. The Hall–Kier alpha value is -7.13. The van der Waals surface area contributed by atoms with Crippen molar-refractivity contribution in [2.24, 2.45) is 0 Å². The minimum Gasteiger partial charge on any atom is -0.311 e. The van der Waals surface area contributed by atoms with Gasteiger partial charge in [-0.2, -0.15) is 0 Å². The van der Waals surface area contributed by atoms with Crippen molar-refractivity contribution in [2.75, 3.05) is 4.90 Å². The molecule has 4 aliphatic rings. The molecule has 0 spiro atoms. The summed E-state index contributed by atoms with van der Waals surface area (Å²) >= 11 is 2.03. The van der Waals surface area contributed by atoms with E-state index in [9.17, 15) is 0 Å². The Kier molecular flexibility index (Phi) is 12.2. The van der Waals surface area contributed by atoms with Crippen LogP contribution in [-0.2, 0) is 5.41 Å². The number of hydrogen-bond donors (Lipinski definition) is 0. The number of anilines is 1. The average Bonchev–Trinajstić information content (AvgIpc) is 3.90. The van der Waals surface area contributed by atoms with Crippen molar-refractivity contribution in [2.45, 2.75) is 54.6 Å². The van der Waals surface area contributed by atoms with Crippen LogP contribution in [0.25, 0.3) is 22.3 Å². The van der Waals surface area contributed by atoms with Gasteiger partial charge in [0.25, 0.3) is 0 Å². The lowest BCUT2D eigenvalue weighted by atomic mass is 9.65. The van der Waals surface area contributed by atoms with Gasteiger partial charge in [-0.25, -0.2) is 0 Å². The van der Waals surface area contributed by atoms with Crippen molar-refractivity contribution in [1.29, 1.82) is 0 Å². The summed E-state index contributed by atoms with van der Waals surface area (Å²) in [6.45, 7) is 11.2. The first kappa shape index (κ1) is 42.8. The Morgan fingerprint density at radius 1 is 0.621 bits per heavy atom. The lowest BCUT2D eigenvalue weighted by Gasteiger charge is -2.37. The highest BCUT2D eigenvalue weighted by Crippen LogP contribution is 2.62. The maximum atomic E-state index is 4.87. The minimum absolute atomic E-state index is 0.303. The van der Waals surface area contributed by atoms with Crippen LogP contribution in [0.3, 0.4) is 0 Å². The Labute approximate surface area is 396 Å². The Morgan fingerprint density at radius 3 is 1.83 bits per heavy atom. The van der Waals surface area contributed by atoms with Gasteiger partial charge in [0.15, 0.2) is 0 Å². The van der Waals surface area contributed by atoms with Gasteiger partial charge in [0.2, 0.25) is 0 Å². The van der Waals surface area contributed by atoms with Crippen molar-refractivity contribution in [1.82, 2.24) is 0 Å². The number of rotatable bonds is 10. The van der Waals surface area contributed by atoms with Crippen molar-refractivity contribution in [3.8, 4) is 22.3 Å². The van der Waals surface area contributed by atoms with Gasteiger partial charge in [0, 0.05) is 39.1 Å². The SMILES string of the molecule is C=C(/C=C\C1=C(C)C2=C(C=CC3c4ccccc4SC23)C1(c1ccccc1)c1ccccc1)N(C1=CCC(c2ccccc2)C=C1)c1ccc(-c2cccc(-c3ccccc3)c2)cc1.CC. The summed E-state index contributed by atoms with van der Waals surface area (Å²) in [7, 11) is 0. The lowest BCUT2D eigenvalue weighted by molar-refractivity contribution is 0.736. The van der Waals surface area contributed by atoms with Gasteiger partial charge in [-0.15, -0.1) is 11.8 Å². The highest BCUT2D eigenvalue weighted by molar-refractivity contribution is 8.00. The summed E-state index contributed by atoms with van der Waals surface area (Å²) in [6.07, 6.45) is 17.5. The lowest BCUT2D eigenvalue weighted by Crippen LogP contribution is -2.31. The van der Waals surface area contributed by atoms with Crippen molar-refractivity contribution >= 4 is 17.4 Å². The molecule has 0 saturated heterocycles. The van der Waals surface area contributed by atoms with Crippen molar-refractivity contribution < 1.29 is 0 Å². The van der Waals surface area contributed by atoms with E-state index in [0.29, 0.717) is 17.1 Å². The Balaban J connectivity index is 0.00000252. The van der Waals surface area contributed by atoms with Crippen LogP contribution in [0.4, 0.5) is 5.69 Å². The first-order valence-electron chi connectivity index (χ1n) is 23.5. The van der Waals surface area contributed by atoms with Crippen LogP contribution >= 0.6 is 11.8 Å². The molecule has 322 valence electrons. The van der Waals surface area contributed by atoms with Crippen molar-refractivity contribution in [3.63, 3.8) is 0 Å². The third kappa shape index (κ3) is 7.70. The molecule has 2 heteroatoms. The molecule has 1 heterocycles. The topological polar surface area (TPSA) is 3.24 Å². The van der Waals surface area contributed by atoms with E-state index >= 15 is 0 Å². The van der Waals surface area contributed by atoms with E-state index in [4.69, 9.17) is 6.58 Å². The molecule has 1 nitrogen and oxygen atoms in total. The van der Waals surface area contributed by atoms with Gasteiger partial charge in [-0.1, -0.05) is 221 Å². The minimum atomic E-state index is -0.511. The summed E-state index contributed by atoms with van der Waals surface area (Å²) in [6, 6.07) is 70.6. The fraction of sp³-hybridized carbons (Fsp3) is 0.125. The van der Waals surface area contributed by atoms with Crippen molar-refractivity contribution in [3.05, 3.63) is 299 Å². The van der Waals surface area contributed by atoms with Crippen LogP contribution in [0.15, 0.2) is 282 Å². The fourth-order valence-electron chi connectivity index (χ4n) is 10.6. The van der Waals surface area contributed by atoms with E-state index in [2.05, 4.69) is 248 Å². The molecule has 3 aliphatic carbocycles. The van der Waals surface area contributed by atoms with Crippen LogP contribution in [0.2, 0.25) is 0 Å². The standard InChI is InChI=1S/C62H49NS.C2H6/c1-43(63(53-35-31-47(32-36-53)45-18-7-3-8-19-45)54-37-33-48(34-38-54)50-23-17-22-49(42-50)46-20-9-4-10-21-46)30-40-57-44(2)60-58(41-39-56-55-28-15-16-29-59(55)64-61(56)60)62(57,51-24-11-5-12-25-51)52-26-13-6-14-27-52;1-2/h3-31,33-42,47,56,61H,1,32H2,2H3;1-2H3/b40-30-;. The maximum Gasteiger partial charge on any atom is 0.0707 e. The predicted octanol–water partition coefficient (Wildman–Crippen LogP) is 17.0. The van der Waals surface area contributed by atoms with E-state index < -0.39 is 5.41 Å². The highest BCUT2D eigenvalue weighted by atomic mass is 32.2. The van der Waals surface area contributed by atoms with Gasteiger partial charge in [-0.3, -0.25) is 0 Å². The fourth-order valence-corrected chi connectivity index (χ4v) is 12.2. The smallest absolute Gasteiger partial charge is 0.0707 e. The molecular weight excluding hydrogens is 815 g/mol. The monoisotopic (exact) mass is 869 g/mol. The molecular formula is C64H55NS. The molecule has 66 heavy (non-hydrogen) atoms. The van der Waals surface area contributed by atoms with Gasteiger partial charge < -0.3 is 4.90 Å². The van der Waals surface area contributed by atoms with E-state index in [1.165, 1.54) is 71.7 Å². The number of allylic oxidation sites excluding steroid dienone is 10. The van der Waals surface area contributed by atoms with Crippen LogP contribution in [0.5, 0.6) is 0 Å². The number of thioether (sulfide) groups is 1. The molecule has 7 aromatic carbocycles. The second kappa shape index (κ2) is 18.8. The van der Waals surface area contributed by atoms with Gasteiger partial charge in [-0.05, 0) is 117 Å². The molecule has 0 N–H and O–H groups in total. The molecule has 0 bridgehead atoms. The molecule has 0 aromatic heterocycles. The van der Waals surface area contributed by atoms with Gasteiger partial charge in [0.05, 0.1) is 5.41 Å². The van der Waals surface area contributed by atoms with Crippen LogP contribution in [-0.4, -0.2) is 5.25 Å². The first-order valence-corrected chi connectivity index (χ1v) is 24.3. The van der Waals surface area contributed by atoms with Crippen LogP contribution in [0.1, 0.15) is 61.3 Å². The zero-order valence-corrected chi connectivity index (χ0v) is 38.8. The zero-order chi connectivity index (χ0) is 45.0. The van der Waals surface area contributed by atoms with Crippen LogP contribution < -0.4 is 4.90 Å². The molecule has 0 saturated carbocycles. The first-order chi connectivity index (χ1) is 32.6. The molecule has 3 unspecified atom stereocenters. The summed E-state index contributed by atoms with van der Waals surface area (Å²) in [5.74, 6) is 0.661. The third-order valence-corrected chi connectivity index (χ3v) is 15.1. The van der Waals surface area contributed by atoms with Gasteiger partial charge >= 0.3 is 0 Å². The largest absolute Gasteiger partial charge is 0.311 e. The Bertz CT molecular complexity index is 3020. The number of nitrogens with zero attached hydrogens (tertiary/aromatic N) is 1. The molecule has 0 amide bonds. The maximum absolute atomic E-state index is 4.87. The number of fused-ring (bicyclic) bond motifs is 4. The van der Waals surface area contributed by atoms with E-state index in [-0.39, 0.29) is 0 Å². The number of hydrogen-bond acceptors (Lipinski definition) is 2. The molecule has 7 aromatic rings. The highest BCUT2D eigenvalue weighted by Gasteiger charge is 2.51. The summed E-state index contributed by atoms with van der Waals surface area (Å²) in [5.41, 5.74) is 18.2. The zero-order valence-electron chi connectivity index (χ0n) is 38.0. The molecule has 0 fully saturated rings. The normalized spacial score (nSPS) is 18.8. The second-order valence-corrected chi connectivity index (χ2v) is 18.4. The molecule has 1 aliphatic heterocycles. The van der Waals surface area contributed by atoms with E-state index in [1.54, 1.807) is 0 Å². The molecule has 0 radical (unpaired) electrons.